The SMILES string of the molecule is NCCc1ccc(C2CC(Cl)=C(Cl)C=C2Cl)c(C(F)(F)F)c1. The minimum absolute atomic E-state index is 0.0943. The van der Waals surface area contributed by atoms with Crippen LogP contribution in [0.2, 0.25) is 0 Å². The Morgan fingerprint density at radius 3 is 2.45 bits per heavy atom. The predicted octanol–water partition coefficient (Wildman–Crippen LogP) is 5.51. The molecule has 0 saturated carbocycles. The Morgan fingerprint density at radius 1 is 1.18 bits per heavy atom. The monoisotopic (exact) mass is 369 g/mol. The molecule has 0 heterocycles. The highest BCUT2D eigenvalue weighted by Crippen LogP contribution is 2.45. The molecule has 1 aliphatic carbocycles. The van der Waals surface area contributed by atoms with Crippen LogP contribution in [0.25, 0.3) is 0 Å². The van der Waals surface area contributed by atoms with Gasteiger partial charge in [-0.1, -0.05) is 46.9 Å². The molecule has 0 aliphatic heterocycles. The Morgan fingerprint density at radius 2 is 1.86 bits per heavy atom. The molecule has 0 radical (unpaired) electrons. The van der Waals surface area contributed by atoms with E-state index in [1.807, 2.05) is 0 Å². The highest BCUT2D eigenvalue weighted by atomic mass is 35.5. The molecular weight excluding hydrogens is 358 g/mol. The maximum atomic E-state index is 13.4. The highest BCUT2D eigenvalue weighted by molar-refractivity contribution is 6.42. The zero-order valence-electron chi connectivity index (χ0n) is 11.4. The van der Waals surface area contributed by atoms with Crippen LogP contribution in [0.3, 0.4) is 0 Å². The van der Waals surface area contributed by atoms with Crippen molar-refractivity contribution in [1.29, 1.82) is 0 Å². The average molecular weight is 371 g/mol. The van der Waals surface area contributed by atoms with Gasteiger partial charge in [-0.2, -0.15) is 13.2 Å². The smallest absolute Gasteiger partial charge is 0.330 e. The third-order valence-electron chi connectivity index (χ3n) is 3.47. The number of halogens is 6. The lowest BCUT2D eigenvalue weighted by atomic mass is 9.87. The van der Waals surface area contributed by atoms with Crippen LogP contribution in [0.4, 0.5) is 13.2 Å². The highest BCUT2D eigenvalue weighted by Gasteiger charge is 2.37. The molecule has 1 nitrogen and oxygen atoms in total. The van der Waals surface area contributed by atoms with E-state index in [2.05, 4.69) is 0 Å². The molecule has 1 aromatic carbocycles. The van der Waals surface area contributed by atoms with E-state index in [0.29, 0.717) is 17.0 Å². The van der Waals surface area contributed by atoms with E-state index >= 15 is 0 Å². The fourth-order valence-corrected chi connectivity index (χ4v) is 3.17. The predicted molar refractivity (Wildman–Crippen MR) is 84.2 cm³/mol. The van der Waals surface area contributed by atoms with E-state index in [1.165, 1.54) is 12.1 Å². The zero-order chi connectivity index (χ0) is 16.5. The summed E-state index contributed by atoms with van der Waals surface area (Å²) in [7, 11) is 0. The molecule has 1 aliphatic rings. The van der Waals surface area contributed by atoms with Crippen LogP contribution in [0.5, 0.6) is 0 Å². The summed E-state index contributed by atoms with van der Waals surface area (Å²) >= 11 is 17.9. The summed E-state index contributed by atoms with van der Waals surface area (Å²) in [5.41, 5.74) is 5.33. The second-order valence-corrected chi connectivity index (χ2v) is 6.30. The van der Waals surface area contributed by atoms with Crippen molar-refractivity contribution in [1.82, 2.24) is 0 Å². The summed E-state index contributed by atoms with van der Waals surface area (Å²) in [6.07, 6.45) is -2.55. The van der Waals surface area contributed by atoms with Crippen molar-refractivity contribution in [2.75, 3.05) is 6.54 Å². The summed E-state index contributed by atoms with van der Waals surface area (Å²) in [6.45, 7) is 0.283. The van der Waals surface area contributed by atoms with E-state index in [9.17, 15) is 13.2 Å². The van der Waals surface area contributed by atoms with Crippen LogP contribution in [0.15, 0.2) is 39.4 Å². The van der Waals surface area contributed by atoms with Gasteiger partial charge < -0.3 is 5.73 Å². The molecule has 0 amide bonds. The van der Waals surface area contributed by atoms with Crippen molar-refractivity contribution >= 4 is 34.8 Å². The van der Waals surface area contributed by atoms with Gasteiger partial charge >= 0.3 is 6.18 Å². The first-order valence-corrected chi connectivity index (χ1v) is 7.68. The van der Waals surface area contributed by atoms with Gasteiger partial charge in [0.2, 0.25) is 0 Å². The van der Waals surface area contributed by atoms with Gasteiger partial charge in [0.25, 0.3) is 0 Å². The third kappa shape index (κ3) is 3.80. The molecule has 0 fully saturated rings. The van der Waals surface area contributed by atoms with Gasteiger partial charge in [0, 0.05) is 16.0 Å². The first-order chi connectivity index (χ1) is 10.2. The first-order valence-electron chi connectivity index (χ1n) is 6.55. The van der Waals surface area contributed by atoms with Gasteiger partial charge in [-0.3, -0.25) is 0 Å². The van der Waals surface area contributed by atoms with Crippen molar-refractivity contribution < 1.29 is 13.2 Å². The summed E-state index contributed by atoms with van der Waals surface area (Å²) in [4.78, 5) is 0. The quantitative estimate of drug-likeness (QED) is 0.746. The van der Waals surface area contributed by atoms with E-state index in [0.717, 1.165) is 6.07 Å². The normalized spacial score (nSPS) is 19.4. The number of alkyl halides is 3. The summed E-state index contributed by atoms with van der Waals surface area (Å²) < 4.78 is 40.1. The van der Waals surface area contributed by atoms with Gasteiger partial charge in [0.15, 0.2) is 0 Å². The molecule has 120 valence electrons. The molecule has 0 saturated heterocycles. The lowest BCUT2D eigenvalue weighted by molar-refractivity contribution is -0.138. The van der Waals surface area contributed by atoms with Gasteiger partial charge in [-0.25, -0.2) is 0 Å². The van der Waals surface area contributed by atoms with E-state index in [4.69, 9.17) is 40.5 Å². The van der Waals surface area contributed by atoms with Gasteiger partial charge in [-0.05, 0) is 42.7 Å². The van der Waals surface area contributed by atoms with E-state index < -0.39 is 17.7 Å². The minimum atomic E-state index is -4.48. The maximum Gasteiger partial charge on any atom is 0.416 e. The number of benzene rings is 1. The Labute approximate surface area is 141 Å². The molecular formula is C15H13Cl3F3N. The van der Waals surface area contributed by atoms with Gasteiger partial charge in [-0.15, -0.1) is 0 Å². The summed E-state index contributed by atoms with van der Waals surface area (Å²) in [5, 5.41) is 0.804. The Balaban J connectivity index is 2.50. The van der Waals surface area contributed by atoms with Crippen molar-refractivity contribution in [3.8, 4) is 0 Å². The lowest BCUT2D eigenvalue weighted by Gasteiger charge is -2.24. The van der Waals surface area contributed by atoms with Crippen LogP contribution in [0, 0.1) is 0 Å². The molecule has 1 atom stereocenters. The van der Waals surface area contributed by atoms with Crippen molar-refractivity contribution in [3.63, 3.8) is 0 Å². The Kier molecular flexibility index (Phi) is 5.49. The number of allylic oxidation sites excluding steroid dienone is 4. The lowest BCUT2D eigenvalue weighted by Crippen LogP contribution is -2.15. The van der Waals surface area contributed by atoms with Crippen LogP contribution in [-0.2, 0) is 12.6 Å². The van der Waals surface area contributed by atoms with Crippen molar-refractivity contribution in [2.45, 2.75) is 24.9 Å². The fourth-order valence-electron chi connectivity index (χ4n) is 2.41. The summed E-state index contributed by atoms with van der Waals surface area (Å²) in [6, 6.07) is 4.20. The molecule has 7 heteroatoms. The zero-order valence-corrected chi connectivity index (χ0v) is 13.6. The van der Waals surface area contributed by atoms with E-state index in [1.54, 1.807) is 6.07 Å². The number of nitrogens with two attached hydrogens (primary N) is 1. The molecule has 1 unspecified atom stereocenters. The molecule has 22 heavy (non-hydrogen) atoms. The van der Waals surface area contributed by atoms with Crippen LogP contribution < -0.4 is 5.73 Å². The van der Waals surface area contributed by atoms with Gasteiger partial charge in [0.1, 0.15) is 0 Å². The third-order valence-corrected chi connectivity index (χ3v) is 4.64. The maximum absolute atomic E-state index is 13.4. The Hall–Kier alpha value is -0.680. The Bertz CT molecular complexity index is 635. The van der Waals surface area contributed by atoms with Crippen molar-refractivity contribution in [3.05, 3.63) is 56.1 Å². The van der Waals surface area contributed by atoms with Crippen LogP contribution >= 0.6 is 34.8 Å². The number of hydrogen-bond donors (Lipinski definition) is 1. The molecule has 0 spiro atoms. The molecule has 1 aromatic rings. The number of rotatable bonds is 3. The largest absolute Gasteiger partial charge is 0.416 e. The fraction of sp³-hybridized carbons (Fsp3) is 0.333. The molecule has 2 rings (SSSR count). The standard InChI is InChI=1S/C15H13Cl3F3N/c16-12-7-14(18)13(17)6-10(12)9-2-1-8(3-4-22)5-11(9)15(19,20)21/h1-2,5,7,10H,3-4,6,22H2. The second kappa shape index (κ2) is 6.83. The number of hydrogen-bond acceptors (Lipinski definition) is 1. The van der Waals surface area contributed by atoms with Crippen molar-refractivity contribution in [2.24, 2.45) is 5.73 Å². The van der Waals surface area contributed by atoms with E-state index in [-0.39, 0.29) is 28.6 Å². The molecule has 0 aromatic heterocycles. The minimum Gasteiger partial charge on any atom is -0.330 e. The van der Waals surface area contributed by atoms with Crippen LogP contribution in [0.1, 0.15) is 29.0 Å². The molecule has 0 bridgehead atoms. The average Bonchev–Trinajstić information content (AvgIpc) is 2.42. The first kappa shape index (κ1) is 17.7. The van der Waals surface area contributed by atoms with Gasteiger partial charge in [0.05, 0.1) is 10.6 Å². The summed E-state index contributed by atoms with van der Waals surface area (Å²) in [5.74, 6) is -0.653. The molecule has 2 N–H and O–H groups in total. The van der Waals surface area contributed by atoms with Crippen LogP contribution in [-0.4, -0.2) is 6.54 Å². The topological polar surface area (TPSA) is 26.0 Å². The second-order valence-electron chi connectivity index (χ2n) is 5.00.